The number of hydrogen-bond acceptors (Lipinski definition) is 2. The fraction of sp³-hybridized carbons (Fsp3) is 0.429. The van der Waals surface area contributed by atoms with E-state index in [0.717, 1.165) is 35.7 Å². The SMILES string of the molecule is Cc1cccc(C(=O)NC2(C#N)CCCC2)c1Br. The third-order valence-corrected chi connectivity index (χ3v) is 4.51. The third-order valence-electron chi connectivity index (χ3n) is 3.46. The van der Waals surface area contributed by atoms with Crippen molar-refractivity contribution in [3.05, 3.63) is 33.8 Å². The summed E-state index contributed by atoms with van der Waals surface area (Å²) in [4.78, 5) is 12.2. The molecule has 18 heavy (non-hydrogen) atoms. The van der Waals surface area contributed by atoms with Gasteiger partial charge in [-0.25, -0.2) is 0 Å². The topological polar surface area (TPSA) is 52.9 Å². The van der Waals surface area contributed by atoms with Gasteiger partial charge >= 0.3 is 0 Å². The average Bonchev–Trinajstić information content (AvgIpc) is 2.81. The maximum atomic E-state index is 12.2. The van der Waals surface area contributed by atoms with Crippen LogP contribution in [0.1, 0.15) is 41.6 Å². The van der Waals surface area contributed by atoms with Crippen LogP contribution in [0.15, 0.2) is 22.7 Å². The van der Waals surface area contributed by atoms with Gasteiger partial charge in [0.15, 0.2) is 0 Å². The Balaban J connectivity index is 2.22. The van der Waals surface area contributed by atoms with E-state index in [9.17, 15) is 10.1 Å². The molecule has 1 saturated carbocycles. The summed E-state index contributed by atoms with van der Waals surface area (Å²) in [6.45, 7) is 1.94. The van der Waals surface area contributed by atoms with Crippen LogP contribution in [-0.4, -0.2) is 11.4 Å². The molecule has 0 bridgehead atoms. The van der Waals surface area contributed by atoms with Crippen molar-refractivity contribution in [2.75, 3.05) is 0 Å². The van der Waals surface area contributed by atoms with E-state index >= 15 is 0 Å². The Hall–Kier alpha value is -1.34. The molecule has 4 heteroatoms. The maximum Gasteiger partial charge on any atom is 0.253 e. The molecule has 1 amide bonds. The molecule has 0 aromatic heterocycles. The van der Waals surface area contributed by atoms with Gasteiger partial charge < -0.3 is 5.32 Å². The summed E-state index contributed by atoms with van der Waals surface area (Å²) in [6.07, 6.45) is 3.50. The molecule has 1 aliphatic rings. The van der Waals surface area contributed by atoms with E-state index < -0.39 is 5.54 Å². The first kappa shape index (κ1) is 13.1. The van der Waals surface area contributed by atoms with Crippen molar-refractivity contribution in [3.63, 3.8) is 0 Å². The molecule has 1 aromatic rings. The third kappa shape index (κ3) is 2.41. The molecule has 2 rings (SSSR count). The van der Waals surface area contributed by atoms with Crippen molar-refractivity contribution < 1.29 is 4.79 Å². The Labute approximate surface area is 115 Å². The molecule has 0 radical (unpaired) electrons. The van der Waals surface area contributed by atoms with E-state index in [0.29, 0.717) is 5.56 Å². The van der Waals surface area contributed by atoms with Crippen molar-refractivity contribution in [2.24, 2.45) is 0 Å². The van der Waals surface area contributed by atoms with Crippen molar-refractivity contribution in [1.29, 1.82) is 5.26 Å². The Morgan fingerprint density at radius 3 is 2.72 bits per heavy atom. The van der Waals surface area contributed by atoms with Crippen LogP contribution in [-0.2, 0) is 0 Å². The van der Waals surface area contributed by atoms with Crippen LogP contribution in [0.25, 0.3) is 0 Å². The van der Waals surface area contributed by atoms with E-state index in [1.807, 2.05) is 19.1 Å². The molecule has 0 unspecified atom stereocenters. The summed E-state index contributed by atoms with van der Waals surface area (Å²) in [5, 5.41) is 12.2. The molecule has 0 heterocycles. The monoisotopic (exact) mass is 306 g/mol. The minimum Gasteiger partial charge on any atom is -0.334 e. The van der Waals surface area contributed by atoms with Crippen molar-refractivity contribution >= 4 is 21.8 Å². The summed E-state index contributed by atoms with van der Waals surface area (Å²) in [7, 11) is 0. The summed E-state index contributed by atoms with van der Waals surface area (Å²) in [5.74, 6) is -0.172. The molecular weight excluding hydrogens is 292 g/mol. The molecule has 94 valence electrons. The lowest BCUT2D eigenvalue weighted by Crippen LogP contribution is -2.45. The van der Waals surface area contributed by atoms with E-state index in [1.165, 1.54) is 0 Å². The number of rotatable bonds is 2. The standard InChI is InChI=1S/C14H15BrN2O/c1-10-5-4-6-11(12(10)15)13(18)17-14(9-16)7-2-3-8-14/h4-6H,2-3,7-8H2,1H3,(H,17,18). The highest BCUT2D eigenvalue weighted by molar-refractivity contribution is 9.10. The number of carbonyl (C=O) groups excluding carboxylic acids is 1. The van der Waals surface area contributed by atoms with Gasteiger partial charge in [-0.1, -0.05) is 12.1 Å². The molecule has 0 saturated heterocycles. The fourth-order valence-electron chi connectivity index (χ4n) is 2.35. The zero-order valence-electron chi connectivity index (χ0n) is 10.3. The van der Waals surface area contributed by atoms with Gasteiger partial charge in [0.25, 0.3) is 5.91 Å². The molecule has 1 fully saturated rings. The number of aryl methyl sites for hydroxylation is 1. The molecular formula is C14H15BrN2O. The highest BCUT2D eigenvalue weighted by Gasteiger charge is 2.35. The molecule has 0 spiro atoms. The Morgan fingerprint density at radius 1 is 1.44 bits per heavy atom. The minimum atomic E-state index is -0.666. The first-order chi connectivity index (χ1) is 8.58. The van der Waals surface area contributed by atoms with E-state index in [4.69, 9.17) is 0 Å². The van der Waals surface area contributed by atoms with Crippen LogP contribution in [0.4, 0.5) is 0 Å². The number of halogens is 1. The molecule has 1 aromatic carbocycles. The van der Waals surface area contributed by atoms with Crippen molar-refractivity contribution in [3.8, 4) is 6.07 Å². The van der Waals surface area contributed by atoms with Crippen LogP contribution in [0, 0.1) is 18.3 Å². The lowest BCUT2D eigenvalue weighted by Gasteiger charge is -2.22. The Bertz CT molecular complexity index is 513. The second-order valence-electron chi connectivity index (χ2n) is 4.79. The molecule has 3 nitrogen and oxygen atoms in total. The number of nitrogens with zero attached hydrogens (tertiary/aromatic N) is 1. The lowest BCUT2D eigenvalue weighted by molar-refractivity contribution is 0.0920. The van der Waals surface area contributed by atoms with Gasteiger partial charge in [-0.15, -0.1) is 0 Å². The molecule has 0 aliphatic heterocycles. The molecule has 1 N–H and O–H groups in total. The predicted molar refractivity (Wildman–Crippen MR) is 73.2 cm³/mol. The Kier molecular flexibility index (Phi) is 3.72. The zero-order chi connectivity index (χ0) is 13.2. The summed E-state index contributed by atoms with van der Waals surface area (Å²) >= 11 is 3.43. The first-order valence-corrected chi connectivity index (χ1v) is 6.86. The van der Waals surface area contributed by atoms with Crippen LogP contribution in [0.2, 0.25) is 0 Å². The number of amides is 1. The van der Waals surface area contributed by atoms with Crippen molar-refractivity contribution in [1.82, 2.24) is 5.32 Å². The summed E-state index contributed by atoms with van der Waals surface area (Å²) in [5.41, 5.74) is 0.942. The number of hydrogen-bond donors (Lipinski definition) is 1. The largest absolute Gasteiger partial charge is 0.334 e. The van der Waals surface area contributed by atoms with Crippen molar-refractivity contribution in [2.45, 2.75) is 38.1 Å². The maximum absolute atomic E-state index is 12.2. The number of benzene rings is 1. The van der Waals surface area contributed by atoms with Gasteiger partial charge in [-0.05, 0) is 60.2 Å². The molecule has 0 atom stereocenters. The van der Waals surface area contributed by atoms with Gasteiger partial charge in [0.1, 0.15) is 5.54 Å². The van der Waals surface area contributed by atoms with Gasteiger partial charge in [0.2, 0.25) is 0 Å². The summed E-state index contributed by atoms with van der Waals surface area (Å²) in [6, 6.07) is 7.83. The Morgan fingerprint density at radius 2 is 2.11 bits per heavy atom. The van der Waals surface area contributed by atoms with E-state index in [2.05, 4.69) is 27.3 Å². The smallest absolute Gasteiger partial charge is 0.253 e. The second kappa shape index (κ2) is 5.11. The van der Waals surface area contributed by atoms with Crippen LogP contribution >= 0.6 is 15.9 Å². The summed E-state index contributed by atoms with van der Waals surface area (Å²) < 4.78 is 0.800. The van der Waals surface area contributed by atoms with Crippen LogP contribution in [0.5, 0.6) is 0 Å². The second-order valence-corrected chi connectivity index (χ2v) is 5.58. The predicted octanol–water partition coefficient (Wildman–Crippen LogP) is 3.32. The fourth-order valence-corrected chi connectivity index (χ4v) is 2.80. The first-order valence-electron chi connectivity index (χ1n) is 6.07. The van der Waals surface area contributed by atoms with Crippen LogP contribution < -0.4 is 5.32 Å². The van der Waals surface area contributed by atoms with E-state index in [-0.39, 0.29) is 5.91 Å². The van der Waals surface area contributed by atoms with E-state index in [1.54, 1.807) is 6.07 Å². The normalized spacial score (nSPS) is 17.2. The number of nitriles is 1. The van der Waals surface area contributed by atoms with Gasteiger partial charge in [0.05, 0.1) is 11.6 Å². The van der Waals surface area contributed by atoms with Gasteiger partial charge in [-0.2, -0.15) is 5.26 Å². The minimum absolute atomic E-state index is 0.172. The highest BCUT2D eigenvalue weighted by atomic mass is 79.9. The quantitative estimate of drug-likeness (QED) is 0.911. The van der Waals surface area contributed by atoms with Gasteiger partial charge in [-0.3, -0.25) is 4.79 Å². The average molecular weight is 307 g/mol. The number of nitrogens with one attached hydrogen (secondary N) is 1. The zero-order valence-corrected chi connectivity index (χ0v) is 11.9. The van der Waals surface area contributed by atoms with Gasteiger partial charge in [0, 0.05) is 4.47 Å². The number of carbonyl (C=O) groups is 1. The highest BCUT2D eigenvalue weighted by Crippen LogP contribution is 2.30. The van der Waals surface area contributed by atoms with Crippen LogP contribution in [0.3, 0.4) is 0 Å². The lowest BCUT2D eigenvalue weighted by atomic mass is 9.99. The molecule has 1 aliphatic carbocycles.